The lowest BCUT2D eigenvalue weighted by molar-refractivity contribution is -0.369. The van der Waals surface area contributed by atoms with Gasteiger partial charge in [0.05, 0.1) is 24.9 Å². The van der Waals surface area contributed by atoms with Crippen molar-refractivity contribution in [2.75, 3.05) is 6.61 Å². The van der Waals surface area contributed by atoms with Gasteiger partial charge in [-0.1, -0.05) is 56.7 Å². The Morgan fingerprint density at radius 2 is 1.95 bits per heavy atom. The van der Waals surface area contributed by atoms with Crippen LogP contribution in [0.5, 0.6) is 11.5 Å². The number of benzene rings is 1. The minimum atomic E-state index is -2.04. The van der Waals surface area contributed by atoms with E-state index in [0.717, 1.165) is 37.0 Å². The molecule has 1 fully saturated rings. The van der Waals surface area contributed by atoms with Crippen LogP contribution in [0.15, 0.2) is 60.2 Å². The van der Waals surface area contributed by atoms with Crippen molar-refractivity contribution in [1.29, 1.82) is 0 Å². The van der Waals surface area contributed by atoms with Crippen LogP contribution < -0.4 is 0 Å². The molecule has 1 aromatic rings. The van der Waals surface area contributed by atoms with Crippen molar-refractivity contribution in [2.24, 2.45) is 5.92 Å². The minimum Gasteiger partial charge on any atom is -0.508 e. The van der Waals surface area contributed by atoms with Gasteiger partial charge in [-0.2, -0.15) is 0 Å². The summed E-state index contributed by atoms with van der Waals surface area (Å²) in [5, 5.41) is 62.1. The lowest BCUT2D eigenvalue weighted by atomic mass is 9.87. The van der Waals surface area contributed by atoms with Gasteiger partial charge in [0.25, 0.3) is 0 Å². The highest BCUT2D eigenvalue weighted by atomic mass is 16.7. The van der Waals surface area contributed by atoms with E-state index in [2.05, 4.69) is 19.9 Å². The smallest absolute Gasteiger partial charge is 0.331 e. The molecule has 2 heterocycles. The molecule has 6 N–H and O–H groups in total. The number of rotatable bonds is 12. The van der Waals surface area contributed by atoms with Crippen LogP contribution in [0, 0.1) is 5.92 Å². The van der Waals surface area contributed by atoms with E-state index in [4.69, 9.17) is 14.2 Å². The van der Waals surface area contributed by atoms with E-state index >= 15 is 0 Å². The van der Waals surface area contributed by atoms with E-state index in [0.29, 0.717) is 17.9 Å². The zero-order chi connectivity index (χ0) is 30.2. The molecular formula is C31H42O10. The summed E-state index contributed by atoms with van der Waals surface area (Å²) in [5.74, 6) is -2.89. The van der Waals surface area contributed by atoms with E-state index in [1.807, 2.05) is 19.1 Å². The van der Waals surface area contributed by atoms with Gasteiger partial charge in [-0.15, -0.1) is 0 Å². The van der Waals surface area contributed by atoms with Gasteiger partial charge in [0.1, 0.15) is 23.7 Å². The average molecular weight is 575 g/mol. The van der Waals surface area contributed by atoms with Crippen molar-refractivity contribution < 1.29 is 49.6 Å². The van der Waals surface area contributed by atoms with E-state index in [9.17, 15) is 35.4 Å². The third-order valence-electron chi connectivity index (χ3n) is 7.53. The van der Waals surface area contributed by atoms with Crippen LogP contribution in [0.25, 0.3) is 0 Å². The number of phenols is 2. The summed E-state index contributed by atoms with van der Waals surface area (Å²) < 4.78 is 16.7. The first-order chi connectivity index (χ1) is 19.5. The number of phenolic OH excluding ortho intramolecular Hbond substituents is 2. The molecular weight excluding hydrogens is 532 g/mol. The fraction of sp³-hybridized carbons (Fsp3) is 0.516. The summed E-state index contributed by atoms with van der Waals surface area (Å²) in [6.07, 6.45) is 8.32. The molecule has 0 saturated carbocycles. The lowest BCUT2D eigenvalue weighted by Gasteiger charge is -2.47. The highest BCUT2D eigenvalue weighted by Gasteiger charge is 2.61. The van der Waals surface area contributed by atoms with Crippen molar-refractivity contribution in [1.82, 2.24) is 0 Å². The standard InChI is InChI=1S/C31H42O10/c1-4-19(2)11-7-5-8-12-20(3)23(34)13-9-6-10-14-26(36)40-29-28(37)25(17-32)41-31(30(29)38)27-21(18-39-31)15-22(33)16-24(27)35/h5-6,8-10,12,14-16,19,23,25,28-30,32-35,37-38H,4,7,11,13,17-18H2,1-3H3/b8-5+,9-6+,14-10+,20-12+. The van der Waals surface area contributed by atoms with Crippen LogP contribution in [0.3, 0.4) is 0 Å². The number of ether oxygens (including phenoxy) is 3. The van der Waals surface area contributed by atoms with Gasteiger partial charge in [0, 0.05) is 12.1 Å². The maximum Gasteiger partial charge on any atom is 0.331 e. The lowest BCUT2D eigenvalue weighted by Crippen LogP contribution is -2.64. The monoisotopic (exact) mass is 574 g/mol. The fourth-order valence-electron chi connectivity index (χ4n) is 4.82. The second kappa shape index (κ2) is 14.8. The second-order valence-corrected chi connectivity index (χ2v) is 10.6. The van der Waals surface area contributed by atoms with E-state index in [-0.39, 0.29) is 17.9 Å². The summed E-state index contributed by atoms with van der Waals surface area (Å²) in [7, 11) is 0. The van der Waals surface area contributed by atoms with Gasteiger partial charge in [-0.25, -0.2) is 4.79 Å². The van der Waals surface area contributed by atoms with Gasteiger partial charge in [-0.3, -0.25) is 0 Å². The third-order valence-corrected chi connectivity index (χ3v) is 7.53. The number of hydrogen-bond acceptors (Lipinski definition) is 10. The number of aliphatic hydroxyl groups is 4. The molecule has 10 heteroatoms. The third kappa shape index (κ3) is 7.85. The van der Waals surface area contributed by atoms with Crippen LogP contribution in [-0.2, 0) is 31.4 Å². The molecule has 0 aliphatic carbocycles. The van der Waals surface area contributed by atoms with Crippen LogP contribution in [0.2, 0.25) is 0 Å². The Kier molecular flexibility index (Phi) is 11.7. The van der Waals surface area contributed by atoms with Crippen LogP contribution in [0.4, 0.5) is 0 Å². The first-order valence-corrected chi connectivity index (χ1v) is 13.9. The predicted octanol–water partition coefficient (Wildman–Crippen LogP) is 3.00. The molecule has 0 aromatic heterocycles. The molecule has 7 unspecified atom stereocenters. The zero-order valence-electron chi connectivity index (χ0n) is 23.7. The maximum absolute atomic E-state index is 12.5. The Bertz CT molecular complexity index is 1160. The van der Waals surface area contributed by atoms with Crippen LogP contribution >= 0.6 is 0 Å². The van der Waals surface area contributed by atoms with Gasteiger partial charge < -0.3 is 44.8 Å². The van der Waals surface area contributed by atoms with E-state index in [1.165, 1.54) is 12.1 Å². The number of aliphatic hydroxyl groups excluding tert-OH is 4. The number of hydrogen-bond donors (Lipinski definition) is 6. The molecule has 0 amide bonds. The number of allylic oxidation sites excluding steroid dienone is 5. The van der Waals surface area contributed by atoms with E-state index in [1.54, 1.807) is 12.2 Å². The minimum absolute atomic E-state index is 0.0113. The van der Waals surface area contributed by atoms with Gasteiger partial charge in [0.2, 0.25) is 5.79 Å². The van der Waals surface area contributed by atoms with Gasteiger partial charge >= 0.3 is 5.97 Å². The molecule has 2 aliphatic rings. The molecule has 0 radical (unpaired) electrons. The number of carbonyl (C=O) groups excluding carboxylic acids is 1. The topological polar surface area (TPSA) is 166 Å². The molecule has 10 nitrogen and oxygen atoms in total. The van der Waals surface area contributed by atoms with Crippen molar-refractivity contribution in [3.8, 4) is 11.5 Å². The summed E-state index contributed by atoms with van der Waals surface area (Å²) in [6.45, 7) is 5.40. The van der Waals surface area contributed by atoms with Gasteiger partial charge in [0.15, 0.2) is 12.2 Å². The molecule has 1 saturated heterocycles. The second-order valence-electron chi connectivity index (χ2n) is 10.6. The number of esters is 1. The SMILES string of the molecule is CCC(C)CC/C=C/C=C(\C)C(O)C/C=C/C=C/C(=O)OC1C(O)C(CO)OC2(OCc3cc(O)cc(O)c32)C1O. The Morgan fingerprint density at radius 3 is 2.66 bits per heavy atom. The Labute approximate surface area is 240 Å². The summed E-state index contributed by atoms with van der Waals surface area (Å²) in [4.78, 5) is 12.5. The highest BCUT2D eigenvalue weighted by Crippen LogP contribution is 2.50. The molecule has 41 heavy (non-hydrogen) atoms. The van der Waals surface area contributed by atoms with Crippen molar-refractivity contribution in [3.63, 3.8) is 0 Å². The number of fused-ring (bicyclic) bond motifs is 2. The summed E-state index contributed by atoms with van der Waals surface area (Å²) in [6, 6.07) is 2.37. The van der Waals surface area contributed by atoms with Crippen LogP contribution in [-0.4, -0.2) is 73.7 Å². The Morgan fingerprint density at radius 1 is 1.20 bits per heavy atom. The van der Waals surface area contributed by atoms with Crippen molar-refractivity contribution in [2.45, 2.75) is 89.4 Å². The molecule has 0 bridgehead atoms. The van der Waals surface area contributed by atoms with Crippen molar-refractivity contribution >= 4 is 5.97 Å². The number of carbonyl (C=O) groups is 1. The van der Waals surface area contributed by atoms with Gasteiger partial charge in [-0.05, 0) is 49.3 Å². The molecule has 7 atom stereocenters. The quantitative estimate of drug-likeness (QED) is 0.124. The molecule has 226 valence electrons. The summed E-state index contributed by atoms with van der Waals surface area (Å²) in [5.41, 5.74) is 1.15. The fourth-order valence-corrected chi connectivity index (χ4v) is 4.82. The first-order valence-electron chi connectivity index (χ1n) is 13.9. The predicted molar refractivity (Wildman–Crippen MR) is 151 cm³/mol. The van der Waals surface area contributed by atoms with E-state index < -0.39 is 54.6 Å². The molecule has 3 rings (SSSR count). The van der Waals surface area contributed by atoms with Crippen molar-refractivity contribution in [3.05, 3.63) is 71.4 Å². The largest absolute Gasteiger partial charge is 0.508 e. The molecule has 2 aliphatic heterocycles. The average Bonchev–Trinajstić information content (AvgIpc) is 3.31. The number of aromatic hydroxyl groups is 2. The van der Waals surface area contributed by atoms with Crippen LogP contribution in [0.1, 0.15) is 57.6 Å². The Balaban J connectivity index is 1.59. The molecule has 1 spiro atoms. The first kappa shape index (κ1) is 32.5. The summed E-state index contributed by atoms with van der Waals surface area (Å²) >= 11 is 0. The maximum atomic E-state index is 12.5. The zero-order valence-corrected chi connectivity index (χ0v) is 23.7. The normalized spacial score (nSPS) is 28.1. The molecule has 1 aromatic carbocycles. The Hall–Kier alpha value is -2.99. The highest BCUT2D eigenvalue weighted by molar-refractivity contribution is 5.82.